The summed E-state index contributed by atoms with van der Waals surface area (Å²) < 4.78 is 27.3. The highest BCUT2D eigenvalue weighted by Crippen LogP contribution is 2.34. The minimum Gasteiger partial charge on any atom is -0.211 e. The first-order valence-electron chi connectivity index (χ1n) is 5.91. The molecule has 110 valence electrons. The smallest absolute Gasteiger partial charge is 0.211 e. The summed E-state index contributed by atoms with van der Waals surface area (Å²) in [6, 6.07) is 1.37. The Hall–Kier alpha value is 0.480. The summed E-state index contributed by atoms with van der Waals surface area (Å²) in [5.74, 6) is 0.766. The van der Waals surface area contributed by atoms with Crippen LogP contribution in [0.4, 0.5) is 0 Å². The van der Waals surface area contributed by atoms with E-state index in [2.05, 4.69) is 11.6 Å². The maximum absolute atomic E-state index is 12.1. The fourth-order valence-corrected chi connectivity index (χ4v) is 5.30. The summed E-state index contributed by atoms with van der Waals surface area (Å²) in [6.07, 6.45) is 2.72. The van der Waals surface area contributed by atoms with Crippen LogP contribution in [0.15, 0.2) is 11.0 Å². The zero-order valence-corrected chi connectivity index (χ0v) is 14.4. The molecule has 0 bridgehead atoms. The van der Waals surface area contributed by atoms with E-state index in [1.165, 1.54) is 6.07 Å². The molecule has 1 rings (SSSR count). The van der Waals surface area contributed by atoms with E-state index < -0.39 is 10.0 Å². The quantitative estimate of drug-likeness (QED) is 0.696. The van der Waals surface area contributed by atoms with E-state index in [-0.39, 0.29) is 15.1 Å². The Morgan fingerprint density at radius 2 is 2.05 bits per heavy atom. The lowest BCUT2D eigenvalue weighted by atomic mass is 10.0. The molecule has 0 radical (unpaired) electrons. The topological polar surface area (TPSA) is 46.2 Å². The van der Waals surface area contributed by atoms with E-state index in [1.807, 2.05) is 0 Å². The molecule has 1 N–H and O–H groups in total. The van der Waals surface area contributed by atoms with Crippen molar-refractivity contribution in [3.63, 3.8) is 0 Å². The van der Waals surface area contributed by atoms with E-state index in [0.717, 1.165) is 30.6 Å². The molecule has 0 saturated heterocycles. The Labute approximate surface area is 133 Å². The summed E-state index contributed by atoms with van der Waals surface area (Å²) in [5, 5.41) is 0. The van der Waals surface area contributed by atoms with Gasteiger partial charge in [-0.05, 0) is 24.8 Å². The molecule has 0 aliphatic heterocycles. The predicted molar refractivity (Wildman–Crippen MR) is 83.3 cm³/mol. The van der Waals surface area contributed by atoms with Crippen LogP contribution in [0, 0.1) is 5.92 Å². The highest BCUT2D eigenvalue weighted by atomic mass is 35.5. The first-order chi connectivity index (χ1) is 8.90. The molecule has 3 nitrogen and oxygen atoms in total. The Kier molecular flexibility index (Phi) is 7.43. The molecule has 0 fully saturated rings. The van der Waals surface area contributed by atoms with Gasteiger partial charge in [0.05, 0.1) is 4.34 Å². The van der Waals surface area contributed by atoms with Crippen molar-refractivity contribution in [3.05, 3.63) is 14.7 Å². The van der Waals surface area contributed by atoms with Crippen LogP contribution in [0.5, 0.6) is 0 Å². The standard InChI is InChI=1S/C11H16Cl3NO2S2/c1-2-3-8(4-5-12)7-15-19(16,17)9-6-10(13)18-11(9)14/h6,8,15H,2-5,7H2,1H3. The zero-order chi connectivity index (χ0) is 14.5. The van der Waals surface area contributed by atoms with Gasteiger partial charge in [0.25, 0.3) is 0 Å². The third-order valence-electron chi connectivity index (χ3n) is 2.69. The molecule has 1 aromatic rings. The van der Waals surface area contributed by atoms with Crippen molar-refractivity contribution >= 4 is 56.2 Å². The first kappa shape index (κ1) is 17.5. The van der Waals surface area contributed by atoms with Gasteiger partial charge in [0, 0.05) is 12.4 Å². The minimum absolute atomic E-state index is 0.0466. The first-order valence-corrected chi connectivity index (χ1v) is 9.50. The molecule has 0 aromatic carbocycles. The molecule has 0 aliphatic rings. The fourth-order valence-electron chi connectivity index (χ4n) is 1.72. The van der Waals surface area contributed by atoms with Gasteiger partial charge < -0.3 is 0 Å². The van der Waals surface area contributed by atoms with E-state index in [9.17, 15) is 8.42 Å². The number of sulfonamides is 1. The van der Waals surface area contributed by atoms with Crippen molar-refractivity contribution in [2.24, 2.45) is 5.92 Å². The summed E-state index contributed by atoms with van der Waals surface area (Å²) in [4.78, 5) is 0.0466. The van der Waals surface area contributed by atoms with Crippen LogP contribution in [-0.4, -0.2) is 20.8 Å². The van der Waals surface area contributed by atoms with Gasteiger partial charge in [-0.15, -0.1) is 22.9 Å². The van der Waals surface area contributed by atoms with Crippen LogP contribution in [0.1, 0.15) is 26.2 Å². The van der Waals surface area contributed by atoms with Crippen LogP contribution >= 0.6 is 46.1 Å². The van der Waals surface area contributed by atoms with Crippen LogP contribution in [0.25, 0.3) is 0 Å². The van der Waals surface area contributed by atoms with Crippen LogP contribution in [0.2, 0.25) is 8.67 Å². The molecule has 19 heavy (non-hydrogen) atoms. The number of thiophene rings is 1. The van der Waals surface area contributed by atoms with Gasteiger partial charge >= 0.3 is 0 Å². The van der Waals surface area contributed by atoms with Crippen molar-refractivity contribution in [2.75, 3.05) is 12.4 Å². The van der Waals surface area contributed by atoms with E-state index >= 15 is 0 Å². The molecular weight excluding hydrogens is 349 g/mol. The molecule has 8 heteroatoms. The lowest BCUT2D eigenvalue weighted by Gasteiger charge is -2.15. The molecule has 1 atom stereocenters. The van der Waals surface area contributed by atoms with E-state index in [0.29, 0.717) is 16.8 Å². The number of nitrogens with one attached hydrogen (secondary N) is 1. The Bertz CT molecular complexity index is 496. The maximum atomic E-state index is 12.1. The molecular formula is C11H16Cl3NO2S2. The molecule has 0 amide bonds. The van der Waals surface area contributed by atoms with Gasteiger partial charge in [0.15, 0.2) is 0 Å². The van der Waals surface area contributed by atoms with Gasteiger partial charge in [0.2, 0.25) is 10.0 Å². The minimum atomic E-state index is -3.60. The normalized spacial score (nSPS) is 13.7. The monoisotopic (exact) mass is 363 g/mol. The average molecular weight is 365 g/mol. The third kappa shape index (κ3) is 5.40. The third-order valence-corrected chi connectivity index (χ3v) is 6.09. The highest BCUT2D eigenvalue weighted by molar-refractivity contribution is 7.89. The summed E-state index contributed by atoms with van der Waals surface area (Å²) in [7, 11) is -3.60. The van der Waals surface area contributed by atoms with Gasteiger partial charge in [-0.2, -0.15) is 0 Å². The van der Waals surface area contributed by atoms with Crippen LogP contribution < -0.4 is 4.72 Å². The van der Waals surface area contributed by atoms with Crippen LogP contribution in [-0.2, 0) is 10.0 Å². The largest absolute Gasteiger partial charge is 0.242 e. The molecule has 0 spiro atoms. The van der Waals surface area contributed by atoms with Gasteiger partial charge in [-0.3, -0.25) is 0 Å². The summed E-state index contributed by atoms with van der Waals surface area (Å²) in [5.41, 5.74) is 0. The van der Waals surface area contributed by atoms with Crippen molar-refractivity contribution in [1.29, 1.82) is 0 Å². The van der Waals surface area contributed by atoms with Crippen molar-refractivity contribution in [2.45, 2.75) is 31.1 Å². The van der Waals surface area contributed by atoms with Crippen molar-refractivity contribution < 1.29 is 8.42 Å². The number of alkyl halides is 1. The molecule has 0 aliphatic carbocycles. The summed E-state index contributed by atoms with van der Waals surface area (Å²) in [6.45, 7) is 2.43. The lowest BCUT2D eigenvalue weighted by Crippen LogP contribution is -2.29. The number of hydrogen-bond acceptors (Lipinski definition) is 3. The molecule has 1 aromatic heterocycles. The maximum Gasteiger partial charge on any atom is 0.242 e. The summed E-state index contributed by atoms with van der Waals surface area (Å²) >= 11 is 18.4. The van der Waals surface area contributed by atoms with Gasteiger partial charge in [-0.25, -0.2) is 13.1 Å². The SMILES string of the molecule is CCCC(CCCl)CNS(=O)(=O)c1cc(Cl)sc1Cl. The van der Waals surface area contributed by atoms with Gasteiger partial charge in [0.1, 0.15) is 9.23 Å². The number of halogens is 3. The highest BCUT2D eigenvalue weighted by Gasteiger charge is 2.21. The second-order valence-corrected chi connectivity index (χ2v) is 8.57. The van der Waals surface area contributed by atoms with Crippen molar-refractivity contribution in [3.8, 4) is 0 Å². The van der Waals surface area contributed by atoms with E-state index in [1.54, 1.807) is 0 Å². The average Bonchev–Trinajstić information content (AvgIpc) is 2.67. The molecule has 1 unspecified atom stereocenters. The second kappa shape index (κ2) is 8.05. The van der Waals surface area contributed by atoms with Crippen molar-refractivity contribution in [1.82, 2.24) is 4.72 Å². The Morgan fingerprint density at radius 1 is 1.37 bits per heavy atom. The number of rotatable bonds is 8. The van der Waals surface area contributed by atoms with E-state index in [4.69, 9.17) is 34.8 Å². The van der Waals surface area contributed by atoms with Crippen LogP contribution in [0.3, 0.4) is 0 Å². The Morgan fingerprint density at radius 3 is 2.53 bits per heavy atom. The molecule has 1 heterocycles. The van der Waals surface area contributed by atoms with Gasteiger partial charge in [-0.1, -0.05) is 36.5 Å². The zero-order valence-electron chi connectivity index (χ0n) is 10.5. The molecule has 0 saturated carbocycles. The Balaban J connectivity index is 2.72. The second-order valence-electron chi connectivity index (χ2n) is 4.17. The lowest BCUT2D eigenvalue weighted by molar-refractivity contribution is 0.457. The number of hydrogen-bond donors (Lipinski definition) is 1. The fraction of sp³-hybridized carbons (Fsp3) is 0.636. The predicted octanol–water partition coefficient (Wildman–Crippen LogP) is 4.38.